The van der Waals surface area contributed by atoms with E-state index in [0.29, 0.717) is 5.88 Å². The number of carboxylic acids is 1. The van der Waals surface area contributed by atoms with Gasteiger partial charge in [0.25, 0.3) is 0 Å². The molecule has 0 saturated heterocycles. The molecule has 0 aromatic heterocycles. The molecule has 72 valence electrons. The minimum absolute atomic E-state index is 0.278. The lowest BCUT2D eigenvalue weighted by molar-refractivity contribution is -0.135. The van der Waals surface area contributed by atoms with E-state index in [1.165, 1.54) is 5.56 Å². The summed E-state index contributed by atoms with van der Waals surface area (Å²) >= 11 is 5.53. The maximum absolute atomic E-state index is 9.24. The summed E-state index contributed by atoms with van der Waals surface area (Å²) < 4.78 is 0. The molecule has 3 nitrogen and oxygen atoms in total. The molecule has 0 aliphatic heterocycles. The van der Waals surface area contributed by atoms with Gasteiger partial charge in [-0.05, 0) is 5.56 Å². The molecule has 0 atom stereocenters. The second kappa shape index (κ2) is 7.58. The second-order valence-electron chi connectivity index (χ2n) is 2.22. The number of rotatable bonds is 2. The number of alkyl halides is 1. The van der Waals surface area contributed by atoms with Gasteiger partial charge in [-0.1, -0.05) is 30.3 Å². The van der Waals surface area contributed by atoms with E-state index >= 15 is 0 Å². The van der Waals surface area contributed by atoms with Gasteiger partial charge >= 0.3 is 5.97 Å². The largest absolute Gasteiger partial charge is 0.480 e. The Balaban J connectivity index is 0.000000252. The molecule has 1 aromatic rings. The van der Waals surface area contributed by atoms with Crippen LogP contribution in [0.5, 0.6) is 0 Å². The maximum atomic E-state index is 9.24. The zero-order valence-corrected chi connectivity index (χ0v) is 7.87. The monoisotopic (exact) mass is 201 g/mol. The Labute approximate surface area is 82.1 Å². The van der Waals surface area contributed by atoms with Crippen LogP contribution in [0.4, 0.5) is 0 Å². The van der Waals surface area contributed by atoms with Crippen molar-refractivity contribution in [3.8, 4) is 0 Å². The van der Waals surface area contributed by atoms with E-state index in [2.05, 4.69) is 5.73 Å². The number of aliphatic carboxylic acids is 1. The van der Waals surface area contributed by atoms with Crippen molar-refractivity contribution < 1.29 is 9.90 Å². The summed E-state index contributed by atoms with van der Waals surface area (Å²) in [5, 5.41) is 7.60. The van der Waals surface area contributed by atoms with Crippen LogP contribution >= 0.6 is 11.6 Å². The zero-order valence-electron chi connectivity index (χ0n) is 7.11. The topological polar surface area (TPSA) is 63.3 Å². The number of carbonyl (C=O) groups is 1. The standard InChI is InChI=1S/C7H7Cl.C2H5NO2/c8-6-7-4-2-1-3-5-7;3-1-2(4)5/h1-5H,6H2;1,3H2,(H,4,5). The Morgan fingerprint density at radius 2 is 1.85 bits per heavy atom. The molecule has 0 saturated carbocycles. The van der Waals surface area contributed by atoms with Crippen molar-refractivity contribution in [1.82, 2.24) is 0 Å². The summed E-state index contributed by atoms with van der Waals surface area (Å²) in [4.78, 5) is 9.24. The van der Waals surface area contributed by atoms with Crippen LogP contribution < -0.4 is 5.73 Å². The average Bonchev–Trinajstić information content (AvgIpc) is 2.20. The molecule has 1 aromatic carbocycles. The molecule has 4 heteroatoms. The fourth-order valence-electron chi connectivity index (χ4n) is 0.567. The first-order chi connectivity index (χ1) is 6.20. The van der Waals surface area contributed by atoms with Crippen LogP contribution in [0, 0.1) is 0 Å². The minimum atomic E-state index is -0.968. The van der Waals surface area contributed by atoms with Gasteiger partial charge in [0.1, 0.15) is 0 Å². The smallest absolute Gasteiger partial charge is 0.317 e. The van der Waals surface area contributed by atoms with Crippen LogP contribution in [0.3, 0.4) is 0 Å². The molecular formula is C9H12ClNO2. The molecule has 13 heavy (non-hydrogen) atoms. The van der Waals surface area contributed by atoms with Crippen LogP contribution in [-0.4, -0.2) is 17.6 Å². The van der Waals surface area contributed by atoms with Crippen LogP contribution in [0.2, 0.25) is 0 Å². The van der Waals surface area contributed by atoms with Gasteiger partial charge in [0.15, 0.2) is 0 Å². The second-order valence-corrected chi connectivity index (χ2v) is 2.48. The van der Waals surface area contributed by atoms with Gasteiger partial charge in [-0.25, -0.2) is 0 Å². The van der Waals surface area contributed by atoms with E-state index in [0.717, 1.165) is 0 Å². The van der Waals surface area contributed by atoms with Crippen molar-refractivity contribution in [1.29, 1.82) is 0 Å². The molecule has 1 rings (SSSR count). The molecular weight excluding hydrogens is 190 g/mol. The summed E-state index contributed by atoms with van der Waals surface area (Å²) in [6, 6.07) is 9.96. The third-order valence-electron chi connectivity index (χ3n) is 1.17. The van der Waals surface area contributed by atoms with E-state index in [-0.39, 0.29) is 6.54 Å². The van der Waals surface area contributed by atoms with Crippen molar-refractivity contribution in [2.75, 3.05) is 6.54 Å². The number of halogens is 1. The Kier molecular flexibility index (Phi) is 6.96. The van der Waals surface area contributed by atoms with Crippen molar-refractivity contribution in [2.24, 2.45) is 5.73 Å². The van der Waals surface area contributed by atoms with Gasteiger partial charge < -0.3 is 10.8 Å². The Morgan fingerprint density at radius 3 is 2.08 bits per heavy atom. The minimum Gasteiger partial charge on any atom is -0.480 e. The highest BCUT2D eigenvalue weighted by molar-refractivity contribution is 6.17. The van der Waals surface area contributed by atoms with Gasteiger partial charge in [-0.15, -0.1) is 11.6 Å². The lowest BCUT2D eigenvalue weighted by Gasteiger charge is -1.88. The highest BCUT2D eigenvalue weighted by Crippen LogP contribution is 2.00. The molecule has 0 fully saturated rings. The number of hydrogen-bond donors (Lipinski definition) is 2. The Bertz CT molecular complexity index is 239. The first-order valence-corrected chi connectivity index (χ1v) is 4.26. The molecule has 0 unspecified atom stereocenters. The molecule has 0 aliphatic rings. The van der Waals surface area contributed by atoms with Crippen molar-refractivity contribution in [3.63, 3.8) is 0 Å². The first kappa shape index (κ1) is 11.9. The number of hydrogen-bond acceptors (Lipinski definition) is 2. The number of benzene rings is 1. The average molecular weight is 202 g/mol. The number of carboxylic acid groups (broad SMARTS) is 1. The van der Waals surface area contributed by atoms with E-state index in [1.807, 2.05) is 30.3 Å². The third kappa shape index (κ3) is 7.31. The fourth-order valence-corrected chi connectivity index (χ4v) is 0.745. The Morgan fingerprint density at radius 1 is 1.38 bits per heavy atom. The van der Waals surface area contributed by atoms with Gasteiger partial charge in [-0.3, -0.25) is 4.79 Å². The predicted molar refractivity (Wildman–Crippen MR) is 52.7 cm³/mol. The zero-order chi connectivity index (χ0) is 10.1. The quantitative estimate of drug-likeness (QED) is 0.712. The molecule has 0 aliphatic carbocycles. The highest BCUT2D eigenvalue weighted by Gasteiger charge is 1.81. The SMILES string of the molecule is ClCc1ccccc1.NCC(=O)O. The van der Waals surface area contributed by atoms with Crippen molar-refractivity contribution in [2.45, 2.75) is 5.88 Å². The Hall–Kier alpha value is -1.06. The lowest BCUT2D eigenvalue weighted by atomic mass is 10.2. The van der Waals surface area contributed by atoms with Gasteiger partial charge in [0, 0.05) is 5.88 Å². The molecule has 0 spiro atoms. The maximum Gasteiger partial charge on any atom is 0.317 e. The summed E-state index contributed by atoms with van der Waals surface area (Å²) in [5.74, 6) is -0.356. The van der Waals surface area contributed by atoms with Crippen LogP contribution in [-0.2, 0) is 10.7 Å². The lowest BCUT2D eigenvalue weighted by Crippen LogP contribution is -2.10. The molecule has 0 bridgehead atoms. The molecule has 0 heterocycles. The van der Waals surface area contributed by atoms with E-state index < -0.39 is 5.97 Å². The normalized spacial score (nSPS) is 8.46. The van der Waals surface area contributed by atoms with Crippen LogP contribution in [0.1, 0.15) is 5.56 Å². The van der Waals surface area contributed by atoms with E-state index in [4.69, 9.17) is 16.7 Å². The summed E-state index contributed by atoms with van der Waals surface area (Å²) in [6.45, 7) is -0.278. The van der Waals surface area contributed by atoms with Gasteiger partial charge in [0.2, 0.25) is 0 Å². The molecule has 3 N–H and O–H groups in total. The van der Waals surface area contributed by atoms with Crippen LogP contribution in [0.25, 0.3) is 0 Å². The summed E-state index contributed by atoms with van der Waals surface area (Å²) in [5.41, 5.74) is 5.75. The number of nitrogens with two attached hydrogens (primary N) is 1. The molecule has 0 amide bonds. The fraction of sp³-hybridized carbons (Fsp3) is 0.222. The van der Waals surface area contributed by atoms with Crippen molar-refractivity contribution in [3.05, 3.63) is 35.9 Å². The third-order valence-corrected chi connectivity index (χ3v) is 1.48. The summed E-state index contributed by atoms with van der Waals surface area (Å²) in [7, 11) is 0. The van der Waals surface area contributed by atoms with Gasteiger partial charge in [-0.2, -0.15) is 0 Å². The van der Waals surface area contributed by atoms with Crippen LogP contribution in [0.15, 0.2) is 30.3 Å². The first-order valence-electron chi connectivity index (χ1n) is 3.72. The van der Waals surface area contributed by atoms with Crippen molar-refractivity contribution >= 4 is 17.6 Å². The predicted octanol–water partition coefficient (Wildman–Crippen LogP) is 1.46. The highest BCUT2D eigenvalue weighted by atomic mass is 35.5. The van der Waals surface area contributed by atoms with E-state index in [9.17, 15) is 4.79 Å². The summed E-state index contributed by atoms with van der Waals surface area (Å²) in [6.07, 6.45) is 0. The van der Waals surface area contributed by atoms with E-state index in [1.54, 1.807) is 0 Å². The van der Waals surface area contributed by atoms with Gasteiger partial charge in [0.05, 0.1) is 6.54 Å². The molecule has 0 radical (unpaired) electrons.